The van der Waals surface area contributed by atoms with Crippen LogP contribution >= 0.6 is 0 Å². The van der Waals surface area contributed by atoms with Crippen LogP contribution in [0.2, 0.25) is 0 Å². The van der Waals surface area contributed by atoms with E-state index in [-0.39, 0.29) is 41.0 Å². The number of fused-ring (bicyclic) bond motifs is 5. The average molecular weight is 577 g/mol. The first kappa shape index (κ1) is 31.6. The summed E-state index contributed by atoms with van der Waals surface area (Å²) in [6.07, 6.45) is 8.70. The lowest BCUT2D eigenvalue weighted by molar-refractivity contribution is -0.193. The van der Waals surface area contributed by atoms with Gasteiger partial charge < -0.3 is 29.5 Å². The smallest absolute Gasteiger partial charge is 0.159 e. The maximum Gasteiger partial charge on any atom is 0.159 e. The number of carbonyl (C=O) groups is 1. The van der Waals surface area contributed by atoms with Crippen LogP contribution in [-0.2, 0) is 19.0 Å². The third-order valence-electron chi connectivity index (χ3n) is 12.9. The summed E-state index contributed by atoms with van der Waals surface area (Å²) in [5.41, 5.74) is -2.55. The molecule has 234 valence electrons. The fourth-order valence-corrected chi connectivity index (χ4v) is 10.3. The van der Waals surface area contributed by atoms with Gasteiger partial charge in [-0.25, -0.2) is 0 Å². The Balaban J connectivity index is 1.36. The molecule has 0 aromatic carbocycles. The quantitative estimate of drug-likeness (QED) is 0.320. The number of methoxy groups -OCH3 is 1. The first-order chi connectivity index (χ1) is 19.3. The number of rotatable bonds is 10. The number of carbonyl (C=O) groups excluding carboxylic acids is 1. The molecule has 1 heterocycles. The number of hydrogen-bond donors (Lipinski definition) is 3. The lowest BCUT2D eigenvalue weighted by Crippen LogP contribution is -2.63. The average Bonchev–Trinajstić information content (AvgIpc) is 3.43. The molecule has 41 heavy (non-hydrogen) atoms. The van der Waals surface area contributed by atoms with Crippen molar-refractivity contribution in [3.8, 4) is 0 Å². The second kappa shape index (κ2) is 11.6. The molecule has 3 saturated carbocycles. The van der Waals surface area contributed by atoms with E-state index in [1.54, 1.807) is 20.1 Å². The molecule has 0 spiro atoms. The number of ketones is 1. The van der Waals surface area contributed by atoms with E-state index < -0.39 is 28.8 Å². The molecular formula is C34H56O7. The molecule has 3 N–H and O–H groups in total. The van der Waals surface area contributed by atoms with E-state index in [1.807, 2.05) is 0 Å². The van der Waals surface area contributed by atoms with E-state index in [9.17, 15) is 20.1 Å². The highest BCUT2D eigenvalue weighted by molar-refractivity contribution is 5.95. The molecule has 7 heteroatoms. The molecule has 0 amide bonds. The standard InChI is InChI=1S/C34H56O7/c1-7-9-22-20-41-29(21(22)2)30(36)33(5,37)28-12-15-34(38)25-19-27(35)26-18-23(40-17-8-16-39-6)10-13-31(26,3)24(25)11-14-32(28,34)4/h19,21-24,26,28-30,36-38H,7-18,20H2,1-6H3. The van der Waals surface area contributed by atoms with E-state index in [2.05, 4.69) is 27.7 Å². The highest BCUT2D eigenvalue weighted by Gasteiger charge is 2.69. The molecule has 5 aliphatic rings. The fourth-order valence-electron chi connectivity index (χ4n) is 10.3. The van der Waals surface area contributed by atoms with Gasteiger partial charge in [0, 0.05) is 31.7 Å². The van der Waals surface area contributed by atoms with Gasteiger partial charge in [0.2, 0.25) is 0 Å². The Labute approximate surface area is 247 Å². The highest BCUT2D eigenvalue weighted by Crippen LogP contribution is 2.68. The second-order valence-corrected chi connectivity index (χ2v) is 15.0. The minimum absolute atomic E-state index is 0.0883. The number of ether oxygens (including phenoxy) is 3. The summed E-state index contributed by atoms with van der Waals surface area (Å²) < 4.78 is 17.4. The van der Waals surface area contributed by atoms with E-state index in [0.29, 0.717) is 38.6 Å². The zero-order valence-electron chi connectivity index (χ0n) is 26.4. The van der Waals surface area contributed by atoms with Crippen molar-refractivity contribution in [2.45, 2.75) is 128 Å². The molecule has 12 atom stereocenters. The Bertz CT molecular complexity index is 994. The van der Waals surface area contributed by atoms with Crippen LogP contribution in [0.5, 0.6) is 0 Å². The van der Waals surface area contributed by atoms with Gasteiger partial charge in [-0.2, -0.15) is 0 Å². The van der Waals surface area contributed by atoms with E-state index in [1.165, 1.54) is 0 Å². The SMILES string of the molecule is CCCC1COC(C(O)C(C)(O)C2CCC3(O)C4=CC(=O)C5CC(OCCCOC)CCC5(C)C4CCC23C)C1C. The Hall–Kier alpha value is -0.830. The molecule has 4 fully saturated rings. The van der Waals surface area contributed by atoms with Crippen molar-refractivity contribution in [3.63, 3.8) is 0 Å². The summed E-state index contributed by atoms with van der Waals surface area (Å²) in [5, 5.41) is 36.3. The van der Waals surface area contributed by atoms with Crippen molar-refractivity contribution in [2.24, 2.45) is 40.4 Å². The maximum absolute atomic E-state index is 13.8. The van der Waals surface area contributed by atoms with Gasteiger partial charge in [0.15, 0.2) is 5.78 Å². The van der Waals surface area contributed by atoms with Crippen molar-refractivity contribution in [1.82, 2.24) is 0 Å². The molecule has 5 rings (SSSR count). The van der Waals surface area contributed by atoms with Crippen molar-refractivity contribution >= 4 is 5.78 Å². The first-order valence-corrected chi connectivity index (χ1v) is 16.5. The van der Waals surface area contributed by atoms with Gasteiger partial charge in [-0.1, -0.05) is 34.1 Å². The maximum atomic E-state index is 13.8. The first-order valence-electron chi connectivity index (χ1n) is 16.5. The monoisotopic (exact) mass is 576 g/mol. The van der Waals surface area contributed by atoms with Gasteiger partial charge in [-0.3, -0.25) is 4.79 Å². The molecule has 1 saturated heterocycles. The Morgan fingerprint density at radius 2 is 1.90 bits per heavy atom. The normalized spacial score (nSPS) is 46.3. The molecule has 0 aromatic heterocycles. The molecule has 4 aliphatic carbocycles. The minimum Gasteiger partial charge on any atom is -0.387 e. The third-order valence-corrected chi connectivity index (χ3v) is 12.9. The van der Waals surface area contributed by atoms with Crippen LogP contribution in [0.15, 0.2) is 11.6 Å². The molecule has 1 aliphatic heterocycles. The van der Waals surface area contributed by atoms with Crippen LogP contribution in [0.25, 0.3) is 0 Å². The van der Waals surface area contributed by atoms with Gasteiger partial charge in [0.05, 0.1) is 30.0 Å². The van der Waals surface area contributed by atoms with Crippen LogP contribution in [0, 0.1) is 40.4 Å². The van der Waals surface area contributed by atoms with Crippen molar-refractivity contribution in [2.75, 3.05) is 26.9 Å². The lowest BCUT2D eigenvalue weighted by Gasteiger charge is -2.60. The molecule has 7 nitrogen and oxygen atoms in total. The topological polar surface area (TPSA) is 105 Å². The molecule has 0 bridgehead atoms. The Kier molecular flexibility index (Phi) is 8.93. The molecule has 0 aromatic rings. The van der Waals surface area contributed by atoms with Crippen LogP contribution in [0.3, 0.4) is 0 Å². The van der Waals surface area contributed by atoms with Crippen LogP contribution in [0.1, 0.15) is 98.8 Å². The summed E-state index contributed by atoms with van der Waals surface area (Å²) in [6, 6.07) is 0. The Morgan fingerprint density at radius 1 is 1.15 bits per heavy atom. The van der Waals surface area contributed by atoms with E-state index >= 15 is 0 Å². The Morgan fingerprint density at radius 3 is 2.61 bits per heavy atom. The largest absolute Gasteiger partial charge is 0.387 e. The van der Waals surface area contributed by atoms with Crippen LogP contribution in [0.4, 0.5) is 0 Å². The van der Waals surface area contributed by atoms with E-state index in [4.69, 9.17) is 14.2 Å². The van der Waals surface area contributed by atoms with E-state index in [0.717, 1.165) is 56.9 Å². The summed E-state index contributed by atoms with van der Waals surface area (Å²) in [6.45, 7) is 12.3. The van der Waals surface area contributed by atoms with Crippen LogP contribution < -0.4 is 0 Å². The van der Waals surface area contributed by atoms with Gasteiger partial charge in [0.1, 0.15) is 6.10 Å². The van der Waals surface area contributed by atoms with Crippen LogP contribution in [-0.4, -0.2) is 77.5 Å². The summed E-state index contributed by atoms with van der Waals surface area (Å²) in [7, 11) is 1.70. The van der Waals surface area contributed by atoms with Crippen molar-refractivity contribution < 1.29 is 34.3 Å². The number of allylic oxidation sites excluding steroid dienone is 1. The predicted molar refractivity (Wildman–Crippen MR) is 157 cm³/mol. The molecular weight excluding hydrogens is 520 g/mol. The van der Waals surface area contributed by atoms with Gasteiger partial charge in [-0.15, -0.1) is 0 Å². The van der Waals surface area contributed by atoms with Gasteiger partial charge >= 0.3 is 0 Å². The third kappa shape index (κ3) is 4.99. The second-order valence-electron chi connectivity index (χ2n) is 15.0. The van der Waals surface area contributed by atoms with Crippen molar-refractivity contribution in [3.05, 3.63) is 11.6 Å². The zero-order chi connectivity index (χ0) is 29.8. The number of aliphatic hydroxyl groups is 3. The minimum atomic E-state index is -1.42. The number of hydrogen-bond acceptors (Lipinski definition) is 7. The summed E-state index contributed by atoms with van der Waals surface area (Å²) >= 11 is 0. The summed E-state index contributed by atoms with van der Waals surface area (Å²) in [4.78, 5) is 13.8. The summed E-state index contributed by atoms with van der Waals surface area (Å²) in [5.74, 6) is 0.403. The van der Waals surface area contributed by atoms with Gasteiger partial charge in [0.25, 0.3) is 0 Å². The lowest BCUT2D eigenvalue weighted by atomic mass is 9.46. The molecule has 12 unspecified atom stereocenters. The highest BCUT2D eigenvalue weighted by atomic mass is 16.5. The number of aliphatic hydroxyl groups excluding tert-OH is 1. The zero-order valence-corrected chi connectivity index (χ0v) is 26.4. The fraction of sp³-hybridized carbons (Fsp3) is 0.912. The predicted octanol–water partition coefficient (Wildman–Crippen LogP) is 4.84. The van der Waals surface area contributed by atoms with Gasteiger partial charge in [-0.05, 0) is 105 Å². The molecule has 0 radical (unpaired) electrons. The van der Waals surface area contributed by atoms with Crippen molar-refractivity contribution in [1.29, 1.82) is 0 Å².